The molecule has 8 nitrogen and oxygen atoms in total. The van der Waals surface area contributed by atoms with Gasteiger partial charge in [-0.25, -0.2) is 4.79 Å². The molecule has 11 heteroatoms. The molecule has 3 aromatic carbocycles. The zero-order valence-electron chi connectivity index (χ0n) is 23.9. The minimum absolute atomic E-state index is 0.0371. The summed E-state index contributed by atoms with van der Waals surface area (Å²) in [6.07, 6.45) is -4.70. The van der Waals surface area contributed by atoms with E-state index in [1.165, 1.54) is 49.4 Å². The van der Waals surface area contributed by atoms with Crippen molar-refractivity contribution in [3.63, 3.8) is 0 Å². The first-order valence-corrected chi connectivity index (χ1v) is 13.2. The predicted molar refractivity (Wildman–Crippen MR) is 154 cm³/mol. The summed E-state index contributed by atoms with van der Waals surface area (Å²) in [4.78, 5) is 43.6. The summed E-state index contributed by atoms with van der Waals surface area (Å²) in [6.45, 7) is 5.79. The van der Waals surface area contributed by atoms with Crippen molar-refractivity contribution in [1.29, 1.82) is 5.26 Å². The molecule has 43 heavy (non-hydrogen) atoms. The summed E-state index contributed by atoms with van der Waals surface area (Å²) in [6, 6.07) is 16.3. The first-order valence-electron chi connectivity index (χ1n) is 13.2. The maximum atomic E-state index is 14.2. The summed E-state index contributed by atoms with van der Waals surface area (Å²) < 4.78 is 46.5. The van der Waals surface area contributed by atoms with Gasteiger partial charge in [0.2, 0.25) is 0 Å². The van der Waals surface area contributed by atoms with E-state index in [9.17, 15) is 32.8 Å². The van der Waals surface area contributed by atoms with Crippen molar-refractivity contribution in [3.05, 3.63) is 106 Å². The number of nitrogens with zero attached hydrogens (tertiary/aromatic N) is 3. The van der Waals surface area contributed by atoms with Crippen molar-refractivity contribution in [2.24, 2.45) is 0 Å². The number of ether oxygens (including phenoxy) is 1. The van der Waals surface area contributed by atoms with E-state index in [-0.39, 0.29) is 22.5 Å². The van der Waals surface area contributed by atoms with Gasteiger partial charge in [-0.05, 0) is 87.9 Å². The van der Waals surface area contributed by atoms with Crippen LogP contribution in [0.4, 0.5) is 29.3 Å². The van der Waals surface area contributed by atoms with Gasteiger partial charge >= 0.3 is 18.2 Å². The lowest BCUT2D eigenvalue weighted by atomic mass is 9.87. The van der Waals surface area contributed by atoms with Crippen LogP contribution in [0, 0.1) is 11.3 Å². The number of Topliss-reactive ketones (excluding diaryl/α,β-unsaturated/α-hetero) is 1. The molecule has 3 aromatic rings. The number of nitrogen functional groups attached to an aromatic ring is 1. The molecule has 1 aliphatic rings. The highest BCUT2D eigenvalue weighted by atomic mass is 19.4. The number of hydrogen-bond acceptors (Lipinski definition) is 6. The molecule has 222 valence electrons. The second kappa shape index (κ2) is 11.6. The first kappa shape index (κ1) is 30.8. The van der Waals surface area contributed by atoms with Crippen molar-refractivity contribution in [1.82, 2.24) is 4.90 Å². The van der Waals surface area contributed by atoms with E-state index in [2.05, 4.69) is 0 Å². The van der Waals surface area contributed by atoms with Crippen molar-refractivity contribution < 1.29 is 32.3 Å². The fraction of sp³-hybridized carbons (Fsp3) is 0.250. The second-order valence-electron chi connectivity index (χ2n) is 11.0. The lowest BCUT2D eigenvalue weighted by Gasteiger charge is -2.43. The fourth-order valence-electron chi connectivity index (χ4n) is 4.82. The van der Waals surface area contributed by atoms with Crippen molar-refractivity contribution in [2.75, 3.05) is 17.2 Å². The quantitative estimate of drug-likeness (QED) is 0.195. The minimum Gasteiger partial charge on any atom is -0.459 e. The number of esters is 1. The van der Waals surface area contributed by atoms with Gasteiger partial charge in [0, 0.05) is 22.5 Å². The number of rotatable bonds is 6. The Morgan fingerprint density at radius 2 is 1.63 bits per heavy atom. The van der Waals surface area contributed by atoms with Gasteiger partial charge in [-0.2, -0.15) is 18.4 Å². The number of alkyl halides is 3. The molecule has 0 saturated heterocycles. The van der Waals surface area contributed by atoms with Crippen LogP contribution in [0.2, 0.25) is 0 Å². The van der Waals surface area contributed by atoms with E-state index in [1.54, 1.807) is 32.9 Å². The average Bonchev–Trinajstić information content (AvgIpc) is 2.93. The topological polar surface area (TPSA) is 117 Å². The Kier molecular flexibility index (Phi) is 8.35. The monoisotopic (exact) mass is 590 g/mol. The summed E-state index contributed by atoms with van der Waals surface area (Å²) in [5, 5.41) is 9.32. The SMILES string of the molecule is CC1=C(C(=O)c2ccc(N)cc2)C(c2ccc(C#N)cc2)N(CC(=O)OC(C)(C)C)C(=O)N1c1cccc(C(F)(F)F)c1. The number of halogens is 3. The van der Waals surface area contributed by atoms with Gasteiger partial charge in [0.15, 0.2) is 5.78 Å². The van der Waals surface area contributed by atoms with Crippen molar-refractivity contribution >= 4 is 29.2 Å². The number of anilines is 2. The second-order valence-corrected chi connectivity index (χ2v) is 11.0. The number of nitriles is 1. The van der Waals surface area contributed by atoms with Crippen LogP contribution in [0.15, 0.2) is 84.1 Å². The molecule has 2 N–H and O–H groups in total. The molecule has 1 aliphatic heterocycles. The summed E-state index contributed by atoms with van der Waals surface area (Å²) >= 11 is 0. The Morgan fingerprint density at radius 3 is 2.19 bits per heavy atom. The van der Waals surface area contributed by atoms with Crippen LogP contribution >= 0.6 is 0 Å². The Labute approximate surface area is 246 Å². The van der Waals surface area contributed by atoms with E-state index in [0.29, 0.717) is 16.8 Å². The van der Waals surface area contributed by atoms with E-state index >= 15 is 0 Å². The summed E-state index contributed by atoms with van der Waals surface area (Å²) in [7, 11) is 0. The largest absolute Gasteiger partial charge is 0.459 e. The van der Waals surface area contributed by atoms with E-state index < -0.39 is 47.7 Å². The van der Waals surface area contributed by atoms with Crippen LogP contribution in [0.5, 0.6) is 0 Å². The third-order valence-corrected chi connectivity index (χ3v) is 6.67. The third kappa shape index (κ3) is 6.70. The lowest BCUT2D eigenvalue weighted by molar-refractivity contribution is -0.155. The Morgan fingerprint density at radius 1 is 1.00 bits per heavy atom. The molecule has 0 fully saturated rings. The van der Waals surface area contributed by atoms with E-state index in [4.69, 9.17) is 10.5 Å². The normalized spacial score (nSPS) is 15.8. The fourth-order valence-corrected chi connectivity index (χ4v) is 4.82. The molecule has 0 spiro atoms. The molecule has 0 saturated carbocycles. The highest BCUT2D eigenvalue weighted by Gasteiger charge is 2.44. The number of benzene rings is 3. The van der Waals surface area contributed by atoms with Crippen LogP contribution in [0.1, 0.15) is 60.8 Å². The molecule has 1 heterocycles. The lowest BCUT2D eigenvalue weighted by Crippen LogP contribution is -2.53. The Hall–Kier alpha value is -5.11. The highest BCUT2D eigenvalue weighted by molar-refractivity contribution is 6.13. The van der Waals surface area contributed by atoms with Crippen LogP contribution in [-0.4, -0.2) is 34.8 Å². The molecule has 4 rings (SSSR count). The number of ketones is 1. The van der Waals surface area contributed by atoms with Gasteiger partial charge in [0.05, 0.1) is 28.9 Å². The number of allylic oxidation sites excluding steroid dienone is 1. The molecule has 0 bridgehead atoms. The minimum atomic E-state index is -4.70. The van der Waals surface area contributed by atoms with Gasteiger partial charge < -0.3 is 15.4 Å². The van der Waals surface area contributed by atoms with Gasteiger partial charge in [-0.3, -0.25) is 14.5 Å². The smallest absolute Gasteiger partial charge is 0.416 e. The average molecular weight is 591 g/mol. The van der Waals surface area contributed by atoms with Gasteiger partial charge in [-0.15, -0.1) is 0 Å². The Balaban J connectivity index is 1.99. The number of urea groups is 1. The van der Waals surface area contributed by atoms with Crippen LogP contribution in [-0.2, 0) is 15.7 Å². The molecule has 1 unspecified atom stereocenters. The zero-order valence-corrected chi connectivity index (χ0v) is 23.9. The summed E-state index contributed by atoms with van der Waals surface area (Å²) in [5.41, 5.74) is 5.21. The van der Waals surface area contributed by atoms with Crippen LogP contribution < -0.4 is 10.6 Å². The Bertz CT molecular complexity index is 1630. The summed E-state index contributed by atoms with van der Waals surface area (Å²) in [5.74, 6) is -1.33. The van der Waals surface area contributed by atoms with Crippen LogP contribution in [0.25, 0.3) is 0 Å². The predicted octanol–water partition coefficient (Wildman–Crippen LogP) is 6.64. The maximum Gasteiger partial charge on any atom is 0.416 e. The van der Waals surface area contributed by atoms with Crippen molar-refractivity contribution in [3.8, 4) is 6.07 Å². The van der Waals surface area contributed by atoms with E-state index in [1.807, 2.05) is 6.07 Å². The van der Waals surface area contributed by atoms with Crippen LogP contribution in [0.3, 0.4) is 0 Å². The standard InChI is InChI=1S/C32H29F3N4O4/c1-19-27(29(41)22-12-14-24(37)15-13-22)28(21-10-8-20(17-36)9-11-21)38(18-26(40)43-31(2,3)4)30(42)39(19)25-7-5-6-23(16-25)32(33,34)35/h5-16,28H,18,37H2,1-4H3. The molecule has 0 aliphatic carbocycles. The van der Waals surface area contributed by atoms with Crippen molar-refractivity contribution in [2.45, 2.75) is 45.5 Å². The van der Waals surface area contributed by atoms with Gasteiger partial charge in [0.1, 0.15) is 12.1 Å². The molecular formula is C32H29F3N4O4. The maximum absolute atomic E-state index is 14.2. The molecular weight excluding hydrogens is 561 g/mol. The first-order chi connectivity index (χ1) is 20.1. The number of amides is 2. The van der Waals surface area contributed by atoms with E-state index in [0.717, 1.165) is 28.0 Å². The number of hydrogen-bond donors (Lipinski definition) is 1. The number of carbonyl (C=O) groups excluding carboxylic acids is 3. The number of nitrogens with two attached hydrogens (primary N) is 1. The molecule has 1 atom stereocenters. The number of carbonyl (C=O) groups is 3. The molecule has 0 radical (unpaired) electrons. The third-order valence-electron chi connectivity index (χ3n) is 6.67. The zero-order chi connectivity index (χ0) is 31.7. The highest BCUT2D eigenvalue weighted by Crippen LogP contribution is 2.42. The molecule has 0 aromatic heterocycles. The van der Waals surface area contributed by atoms with Gasteiger partial charge in [0.25, 0.3) is 0 Å². The van der Waals surface area contributed by atoms with Gasteiger partial charge in [-0.1, -0.05) is 18.2 Å². The molecule has 2 amide bonds.